The Balaban J connectivity index is 0.000000335. The number of carbonyl (C=O) groups excluding carboxylic acids is 8. The van der Waals surface area contributed by atoms with Gasteiger partial charge in [0.25, 0.3) is 0 Å². The highest BCUT2D eigenvalue weighted by Gasteiger charge is 2.33. The monoisotopic (exact) mass is 1390 g/mol. The Hall–Kier alpha value is -8.92. The molecule has 0 N–H and O–H groups in total. The van der Waals surface area contributed by atoms with Crippen molar-refractivity contribution in [3.63, 3.8) is 0 Å². The Kier molecular flexibility index (Phi) is 34.9. The summed E-state index contributed by atoms with van der Waals surface area (Å²) in [5.41, 5.74) is 6.80. The van der Waals surface area contributed by atoms with Gasteiger partial charge >= 0.3 is 47.8 Å². The average Bonchev–Trinajstić information content (AvgIpc) is 0.891. The molecule has 6 aromatic rings. The largest absolute Gasteiger partial charge is 0.462 e. The van der Waals surface area contributed by atoms with Gasteiger partial charge in [0, 0.05) is 4.28 Å². The molecule has 9 rings (SSSR count). The maximum atomic E-state index is 12.7. The van der Waals surface area contributed by atoms with Gasteiger partial charge in [-0.25, -0.2) is 28.8 Å². The van der Waals surface area contributed by atoms with Crippen LogP contribution in [0.2, 0.25) is 0 Å². The first-order valence-corrected chi connectivity index (χ1v) is 37.2. The summed E-state index contributed by atoms with van der Waals surface area (Å²) in [7, 11) is 0. The minimum atomic E-state index is -0.388. The zero-order chi connectivity index (χ0) is 72.0. The third kappa shape index (κ3) is 28.6. The number of esters is 8. The minimum absolute atomic E-state index is 0. The van der Waals surface area contributed by atoms with Crippen LogP contribution in [-0.2, 0) is 50.9 Å². The lowest BCUT2D eigenvalue weighted by Gasteiger charge is -2.28. The molecular formula is C85H112O16. The highest BCUT2D eigenvalue weighted by molar-refractivity contribution is 5.92. The molecule has 0 aromatic heterocycles. The van der Waals surface area contributed by atoms with Crippen molar-refractivity contribution in [3.05, 3.63) is 202 Å². The van der Waals surface area contributed by atoms with E-state index in [4.69, 9.17) is 37.9 Å². The van der Waals surface area contributed by atoms with Crippen molar-refractivity contribution in [2.75, 3.05) is 13.2 Å². The molecule has 0 heterocycles. The second kappa shape index (κ2) is 44.4. The maximum Gasteiger partial charge on any atom is 0.338 e. The summed E-state index contributed by atoms with van der Waals surface area (Å²) in [4.78, 5) is 99.1. The lowest BCUT2D eigenvalue weighted by molar-refractivity contribution is -0.145. The molecular weight excluding hydrogens is 1280 g/mol. The van der Waals surface area contributed by atoms with E-state index in [2.05, 4.69) is 27.7 Å². The summed E-state index contributed by atoms with van der Waals surface area (Å²) < 4.78 is 44.2. The fourth-order valence-corrected chi connectivity index (χ4v) is 12.3. The minimum Gasteiger partial charge on any atom is -0.462 e. The van der Waals surface area contributed by atoms with Gasteiger partial charge in [-0.3, -0.25) is 9.59 Å². The molecule has 16 heteroatoms. The summed E-state index contributed by atoms with van der Waals surface area (Å²) in [6, 6.07) is 44.7. The Morgan fingerprint density at radius 3 is 0.901 bits per heavy atom. The summed E-state index contributed by atoms with van der Waals surface area (Å²) in [6.07, 6.45) is 24.9. The van der Waals surface area contributed by atoms with Crippen LogP contribution in [0.4, 0.5) is 0 Å². The van der Waals surface area contributed by atoms with Gasteiger partial charge in [-0.15, -0.1) is 0 Å². The molecule has 6 aromatic carbocycles. The van der Waals surface area contributed by atoms with Crippen LogP contribution < -0.4 is 9.47 Å². The van der Waals surface area contributed by atoms with Gasteiger partial charge in [0.1, 0.15) is 35.9 Å². The SMILES string of the molecule is CCCCCCOC(=O)c1ccc(OC(=O)C2CCC(C(=O)Oc3ccc(C(=O)OCCCCCC)cc3)CC2)cc1.CCCCCc1ccc(C(=O)OC2CCC(OC(=O)c3ccc(CCCCC)cc3)CC2)cc1.Cc1ccc(C(=O)OC2CCC(OC(=O)c3ccccc3)CC2)cc1.[HH].[HH].[HH]. The Morgan fingerprint density at radius 2 is 0.584 bits per heavy atom. The normalized spacial score (nSPS) is 17.7. The third-order valence-corrected chi connectivity index (χ3v) is 18.6. The molecule has 0 aliphatic heterocycles. The topological polar surface area (TPSA) is 210 Å². The number of ether oxygens (including phenoxy) is 8. The third-order valence-electron chi connectivity index (χ3n) is 18.6. The first kappa shape index (κ1) is 79.4. The van der Waals surface area contributed by atoms with Crippen LogP contribution in [0.3, 0.4) is 0 Å². The van der Waals surface area contributed by atoms with E-state index in [1.807, 2.05) is 85.8 Å². The number of benzene rings is 6. The van der Waals surface area contributed by atoms with Crippen LogP contribution in [0, 0.1) is 18.8 Å². The molecule has 0 bridgehead atoms. The van der Waals surface area contributed by atoms with Gasteiger partial charge < -0.3 is 37.9 Å². The smallest absolute Gasteiger partial charge is 0.338 e. The second-order valence-corrected chi connectivity index (χ2v) is 26.8. The summed E-state index contributed by atoms with van der Waals surface area (Å²) in [5.74, 6) is -2.47. The zero-order valence-corrected chi connectivity index (χ0v) is 60.1. The van der Waals surface area contributed by atoms with Crippen molar-refractivity contribution < 1.29 is 80.5 Å². The van der Waals surface area contributed by atoms with Gasteiger partial charge in [-0.2, -0.15) is 0 Å². The lowest BCUT2D eigenvalue weighted by Crippen LogP contribution is -2.30. The number of hydrogen-bond acceptors (Lipinski definition) is 16. The number of carbonyl (C=O) groups is 8. The van der Waals surface area contributed by atoms with Crippen LogP contribution >= 0.6 is 0 Å². The van der Waals surface area contributed by atoms with Gasteiger partial charge in [-0.05, 0) is 231 Å². The van der Waals surface area contributed by atoms with E-state index in [9.17, 15) is 38.4 Å². The van der Waals surface area contributed by atoms with Crippen LogP contribution in [-0.4, -0.2) is 85.4 Å². The number of aryl methyl sites for hydroxylation is 3. The van der Waals surface area contributed by atoms with E-state index in [0.717, 1.165) is 95.5 Å². The molecule has 0 radical (unpaired) electrons. The average molecular weight is 1390 g/mol. The molecule has 3 saturated carbocycles. The molecule has 101 heavy (non-hydrogen) atoms. The molecule has 16 nitrogen and oxygen atoms in total. The number of unbranched alkanes of at least 4 members (excludes halogenated alkanes) is 10. The van der Waals surface area contributed by atoms with Gasteiger partial charge in [-0.1, -0.05) is 152 Å². The van der Waals surface area contributed by atoms with E-state index < -0.39 is 0 Å². The van der Waals surface area contributed by atoms with Crippen molar-refractivity contribution in [1.29, 1.82) is 0 Å². The van der Waals surface area contributed by atoms with E-state index >= 15 is 0 Å². The molecule has 0 amide bonds. The molecule has 0 atom stereocenters. The molecule has 548 valence electrons. The van der Waals surface area contributed by atoms with Gasteiger partial charge in [0.2, 0.25) is 0 Å². The predicted molar refractivity (Wildman–Crippen MR) is 396 cm³/mol. The highest BCUT2D eigenvalue weighted by atomic mass is 16.6. The fourth-order valence-electron chi connectivity index (χ4n) is 12.3. The molecule has 3 aliphatic rings. The van der Waals surface area contributed by atoms with Crippen LogP contribution in [0.1, 0.15) is 278 Å². The molecule has 3 aliphatic carbocycles. The highest BCUT2D eigenvalue weighted by Crippen LogP contribution is 2.33. The molecule has 0 spiro atoms. The van der Waals surface area contributed by atoms with Gasteiger partial charge in [0.05, 0.1) is 58.4 Å². The standard InChI is InChI=1S/C34H44O8.C30H40O4.C21H22O4.3H2/c1-3-5-7-9-23-39-31(35)25-15-19-29(20-16-25)41-33(37)27-11-13-28(14-12-27)34(38)42-30-21-17-26(18-22-30)32(36)40-24-10-8-6-4-2;1-3-5-7-9-23-11-15-25(16-12-23)29(31)33-27-19-21-28(22-20-27)34-30(32)26-17-13-24(14-18-26)10-8-6-4-2;1-15-7-9-17(10-8-15)21(23)25-19-13-11-18(12-14-19)24-20(22)16-5-3-2-4-6-16;;;/h15-22,27-28H,3-14,23-24H2,1-2H3;11-18,27-28H,3-10,19-22H2,1-2H3;2-10,18-19H,11-14H2,1H3;3*1H. The molecule has 3 fully saturated rings. The van der Waals surface area contributed by atoms with E-state index in [0.29, 0.717) is 109 Å². The maximum absolute atomic E-state index is 12.7. The zero-order valence-electron chi connectivity index (χ0n) is 60.1. The Labute approximate surface area is 602 Å². The summed E-state index contributed by atoms with van der Waals surface area (Å²) in [6.45, 7) is 11.4. The quantitative estimate of drug-likeness (QED) is 0.0166. The van der Waals surface area contributed by atoms with Crippen LogP contribution in [0.5, 0.6) is 11.5 Å². The van der Waals surface area contributed by atoms with E-state index in [-0.39, 0.29) is 88.3 Å². The summed E-state index contributed by atoms with van der Waals surface area (Å²) in [5, 5.41) is 0. The van der Waals surface area contributed by atoms with Crippen molar-refractivity contribution in [2.24, 2.45) is 11.8 Å². The van der Waals surface area contributed by atoms with E-state index in [1.54, 1.807) is 72.8 Å². The summed E-state index contributed by atoms with van der Waals surface area (Å²) >= 11 is 0. The first-order chi connectivity index (χ1) is 49.1. The number of hydrogen-bond donors (Lipinski definition) is 0. The van der Waals surface area contributed by atoms with Crippen molar-refractivity contribution in [3.8, 4) is 11.5 Å². The Bertz CT molecular complexity index is 3300. The fraction of sp³-hybridized carbons (Fsp3) is 0.482. The van der Waals surface area contributed by atoms with Crippen LogP contribution in [0.15, 0.2) is 152 Å². The Morgan fingerprint density at radius 1 is 0.307 bits per heavy atom. The van der Waals surface area contributed by atoms with Gasteiger partial charge in [0.15, 0.2) is 0 Å². The first-order valence-electron chi connectivity index (χ1n) is 37.2. The molecule has 0 saturated heterocycles. The van der Waals surface area contributed by atoms with Crippen molar-refractivity contribution in [1.82, 2.24) is 0 Å². The van der Waals surface area contributed by atoms with E-state index in [1.165, 1.54) is 49.7 Å². The molecule has 0 unspecified atom stereocenters. The predicted octanol–water partition coefficient (Wildman–Crippen LogP) is 20.0. The van der Waals surface area contributed by atoms with Crippen LogP contribution in [0.25, 0.3) is 0 Å². The van der Waals surface area contributed by atoms with Crippen molar-refractivity contribution in [2.45, 2.75) is 239 Å². The number of rotatable bonds is 32. The van der Waals surface area contributed by atoms with Crippen molar-refractivity contribution >= 4 is 47.8 Å². The lowest BCUT2D eigenvalue weighted by atomic mass is 9.82. The second-order valence-electron chi connectivity index (χ2n) is 26.8.